The second kappa shape index (κ2) is 6.54. The van der Waals surface area contributed by atoms with Crippen molar-refractivity contribution in [3.05, 3.63) is 48.3 Å². The van der Waals surface area contributed by atoms with Crippen molar-refractivity contribution in [2.75, 3.05) is 38.2 Å². The van der Waals surface area contributed by atoms with Crippen LogP contribution in [0.1, 0.15) is 5.56 Å². The zero-order chi connectivity index (χ0) is 14.5. The molecule has 1 fully saturated rings. The number of aromatic nitrogens is 2. The second-order valence-electron chi connectivity index (χ2n) is 5.17. The first-order valence-corrected chi connectivity index (χ1v) is 7.22. The summed E-state index contributed by atoms with van der Waals surface area (Å²) in [5.74, 6) is 1.48. The number of hydrogen-bond acceptors (Lipinski definition) is 5. The lowest BCUT2D eigenvalue weighted by Crippen LogP contribution is -2.46. The van der Waals surface area contributed by atoms with Crippen molar-refractivity contribution in [2.45, 2.75) is 6.54 Å². The van der Waals surface area contributed by atoms with Crippen molar-refractivity contribution in [1.29, 1.82) is 0 Å². The lowest BCUT2D eigenvalue weighted by molar-refractivity contribution is 0.248. The molecule has 0 bridgehead atoms. The van der Waals surface area contributed by atoms with Crippen LogP contribution >= 0.6 is 0 Å². The molecule has 0 amide bonds. The molecule has 2 aromatic rings. The Morgan fingerprint density at radius 2 is 1.67 bits per heavy atom. The predicted molar refractivity (Wildman–Crippen MR) is 82.5 cm³/mol. The fourth-order valence-electron chi connectivity index (χ4n) is 2.53. The molecule has 0 saturated carbocycles. The highest BCUT2D eigenvalue weighted by Crippen LogP contribution is 2.15. The number of ether oxygens (including phenoxy) is 1. The van der Waals surface area contributed by atoms with E-state index in [9.17, 15) is 0 Å². The fourth-order valence-corrected chi connectivity index (χ4v) is 2.53. The number of piperazine rings is 1. The molecule has 1 aromatic carbocycles. The minimum absolute atomic E-state index is 0.696. The molecule has 3 rings (SSSR count). The fraction of sp³-hybridized carbons (Fsp3) is 0.375. The molecule has 0 N–H and O–H groups in total. The molecule has 1 aromatic heterocycles. The van der Waals surface area contributed by atoms with Gasteiger partial charge in [-0.2, -0.15) is 0 Å². The van der Waals surface area contributed by atoms with Crippen LogP contribution in [0.5, 0.6) is 5.75 Å². The van der Waals surface area contributed by atoms with Crippen LogP contribution in [0.2, 0.25) is 0 Å². The monoisotopic (exact) mass is 284 g/mol. The molecule has 0 spiro atoms. The standard InChI is InChI=1S/C16H20N4O/c1-21-15-11-17-16(18-12-15)20-9-7-19(8-10-20)13-14-5-3-2-4-6-14/h2-6,11-12H,7-10,13H2,1H3. The van der Waals surface area contributed by atoms with Gasteiger partial charge in [0.15, 0.2) is 5.75 Å². The van der Waals surface area contributed by atoms with Crippen LogP contribution in [0.3, 0.4) is 0 Å². The zero-order valence-electron chi connectivity index (χ0n) is 12.3. The van der Waals surface area contributed by atoms with Gasteiger partial charge in [-0.25, -0.2) is 9.97 Å². The molecule has 0 aliphatic carbocycles. The molecule has 1 aliphatic rings. The van der Waals surface area contributed by atoms with E-state index >= 15 is 0 Å². The third-order valence-corrected chi connectivity index (χ3v) is 3.75. The summed E-state index contributed by atoms with van der Waals surface area (Å²) in [5, 5.41) is 0. The van der Waals surface area contributed by atoms with Gasteiger partial charge in [0, 0.05) is 32.7 Å². The summed E-state index contributed by atoms with van der Waals surface area (Å²) in [4.78, 5) is 13.4. The Hall–Kier alpha value is -2.14. The Balaban J connectivity index is 1.54. The Bertz CT molecular complexity index is 550. The van der Waals surface area contributed by atoms with E-state index < -0.39 is 0 Å². The topological polar surface area (TPSA) is 41.5 Å². The highest BCUT2D eigenvalue weighted by atomic mass is 16.5. The van der Waals surface area contributed by atoms with Crippen molar-refractivity contribution in [3.63, 3.8) is 0 Å². The highest BCUT2D eigenvalue weighted by Gasteiger charge is 2.18. The summed E-state index contributed by atoms with van der Waals surface area (Å²) >= 11 is 0. The van der Waals surface area contributed by atoms with Crippen molar-refractivity contribution in [3.8, 4) is 5.75 Å². The van der Waals surface area contributed by atoms with Gasteiger partial charge in [0.25, 0.3) is 0 Å². The molecule has 5 nitrogen and oxygen atoms in total. The summed E-state index contributed by atoms with van der Waals surface area (Å²) in [6.07, 6.45) is 3.44. The predicted octanol–water partition coefficient (Wildman–Crippen LogP) is 1.81. The Kier molecular flexibility index (Phi) is 4.31. The van der Waals surface area contributed by atoms with Crippen LogP contribution < -0.4 is 9.64 Å². The normalized spacial score (nSPS) is 16.0. The van der Waals surface area contributed by atoms with E-state index in [1.54, 1.807) is 19.5 Å². The number of nitrogens with zero attached hydrogens (tertiary/aromatic N) is 4. The van der Waals surface area contributed by atoms with Crippen LogP contribution in [0.25, 0.3) is 0 Å². The van der Waals surface area contributed by atoms with E-state index in [2.05, 4.69) is 50.1 Å². The maximum absolute atomic E-state index is 5.09. The van der Waals surface area contributed by atoms with Gasteiger partial charge in [0.2, 0.25) is 5.95 Å². The van der Waals surface area contributed by atoms with Gasteiger partial charge in [0.05, 0.1) is 19.5 Å². The smallest absolute Gasteiger partial charge is 0.225 e. The molecule has 0 unspecified atom stereocenters. The highest BCUT2D eigenvalue weighted by molar-refractivity contribution is 5.32. The number of benzene rings is 1. The van der Waals surface area contributed by atoms with Gasteiger partial charge in [-0.3, -0.25) is 4.90 Å². The molecule has 0 atom stereocenters. The van der Waals surface area contributed by atoms with Gasteiger partial charge in [-0.1, -0.05) is 30.3 Å². The van der Waals surface area contributed by atoms with E-state index in [0.717, 1.165) is 38.7 Å². The van der Waals surface area contributed by atoms with Crippen molar-refractivity contribution in [2.24, 2.45) is 0 Å². The number of methoxy groups -OCH3 is 1. The minimum atomic E-state index is 0.696. The first-order chi connectivity index (χ1) is 10.3. The van der Waals surface area contributed by atoms with Crippen molar-refractivity contribution in [1.82, 2.24) is 14.9 Å². The molecule has 1 saturated heterocycles. The maximum atomic E-state index is 5.09. The van der Waals surface area contributed by atoms with Crippen LogP contribution in [-0.2, 0) is 6.54 Å². The number of rotatable bonds is 4. The first-order valence-electron chi connectivity index (χ1n) is 7.22. The molecule has 0 radical (unpaired) electrons. The van der Waals surface area contributed by atoms with Gasteiger partial charge in [-0.15, -0.1) is 0 Å². The van der Waals surface area contributed by atoms with Crippen LogP contribution in [0, 0.1) is 0 Å². The summed E-state index contributed by atoms with van der Waals surface area (Å²) in [6, 6.07) is 10.6. The summed E-state index contributed by atoms with van der Waals surface area (Å²) in [5.41, 5.74) is 1.37. The lowest BCUT2D eigenvalue weighted by Gasteiger charge is -2.34. The molecule has 2 heterocycles. The largest absolute Gasteiger partial charge is 0.494 e. The summed E-state index contributed by atoms with van der Waals surface area (Å²) in [6.45, 7) is 4.99. The SMILES string of the molecule is COc1cnc(N2CCN(Cc3ccccc3)CC2)nc1. The van der Waals surface area contributed by atoms with E-state index in [-0.39, 0.29) is 0 Å². The average Bonchev–Trinajstić information content (AvgIpc) is 2.57. The Morgan fingerprint density at radius 3 is 2.29 bits per heavy atom. The van der Waals surface area contributed by atoms with Gasteiger partial charge in [0.1, 0.15) is 0 Å². The first kappa shape index (κ1) is 13.8. The van der Waals surface area contributed by atoms with E-state index in [4.69, 9.17) is 4.74 Å². The third-order valence-electron chi connectivity index (χ3n) is 3.75. The van der Waals surface area contributed by atoms with Gasteiger partial charge >= 0.3 is 0 Å². The van der Waals surface area contributed by atoms with Crippen molar-refractivity contribution >= 4 is 5.95 Å². The molecule has 1 aliphatic heterocycles. The zero-order valence-corrected chi connectivity index (χ0v) is 12.3. The number of hydrogen-bond donors (Lipinski definition) is 0. The molecule has 5 heteroatoms. The van der Waals surface area contributed by atoms with E-state index in [1.807, 2.05) is 0 Å². The van der Waals surface area contributed by atoms with Gasteiger partial charge in [-0.05, 0) is 5.56 Å². The quantitative estimate of drug-likeness (QED) is 0.856. The Labute approximate surface area is 125 Å². The third kappa shape index (κ3) is 3.49. The lowest BCUT2D eigenvalue weighted by atomic mass is 10.2. The molecule has 21 heavy (non-hydrogen) atoms. The van der Waals surface area contributed by atoms with E-state index in [1.165, 1.54) is 5.56 Å². The average molecular weight is 284 g/mol. The summed E-state index contributed by atoms with van der Waals surface area (Å²) < 4.78 is 5.09. The maximum Gasteiger partial charge on any atom is 0.225 e. The molecule has 110 valence electrons. The summed E-state index contributed by atoms with van der Waals surface area (Å²) in [7, 11) is 1.63. The number of anilines is 1. The second-order valence-corrected chi connectivity index (χ2v) is 5.17. The van der Waals surface area contributed by atoms with Crippen LogP contribution in [0.4, 0.5) is 5.95 Å². The van der Waals surface area contributed by atoms with Crippen molar-refractivity contribution < 1.29 is 4.74 Å². The Morgan fingerprint density at radius 1 is 1.00 bits per heavy atom. The molecular weight excluding hydrogens is 264 g/mol. The minimum Gasteiger partial charge on any atom is -0.494 e. The van der Waals surface area contributed by atoms with Crippen LogP contribution in [-0.4, -0.2) is 48.2 Å². The molecular formula is C16H20N4O. The van der Waals surface area contributed by atoms with Gasteiger partial charge < -0.3 is 9.64 Å². The van der Waals surface area contributed by atoms with Crippen LogP contribution in [0.15, 0.2) is 42.7 Å². The van der Waals surface area contributed by atoms with E-state index in [0.29, 0.717) is 5.75 Å².